The zero-order valence-electron chi connectivity index (χ0n) is 8.81. The zero-order valence-corrected chi connectivity index (χ0v) is 9.57. The molecule has 0 saturated heterocycles. The summed E-state index contributed by atoms with van der Waals surface area (Å²) in [6.45, 7) is 1.91. The maximum Gasteiger partial charge on any atom is 0.223 e. The van der Waals surface area contributed by atoms with E-state index in [1.165, 1.54) is 0 Å². The molecule has 4 nitrogen and oxygen atoms in total. The normalized spacial score (nSPS) is 12.9. The van der Waals surface area contributed by atoms with Gasteiger partial charge in [-0.1, -0.05) is 0 Å². The minimum Gasteiger partial charge on any atom is -0.508 e. The topological polar surface area (TPSA) is 72.0 Å². The first-order valence-electron chi connectivity index (χ1n) is 4.97. The number of nitrogens with two attached hydrogens (primary N) is 1. The van der Waals surface area contributed by atoms with Gasteiger partial charge in [0.05, 0.1) is 11.2 Å². The molecular weight excluding hydrogens is 226 g/mol. The van der Waals surface area contributed by atoms with Crippen LogP contribution in [0, 0.1) is 0 Å². The summed E-state index contributed by atoms with van der Waals surface area (Å²) in [5.74, 6) is 0.161. The van der Waals surface area contributed by atoms with Gasteiger partial charge in [-0.15, -0.1) is 0 Å². The predicted octanol–water partition coefficient (Wildman–Crippen LogP) is 1.88. The molecule has 0 bridgehead atoms. The van der Waals surface area contributed by atoms with E-state index in [4.69, 9.17) is 17.3 Å². The Morgan fingerprint density at radius 1 is 1.44 bits per heavy atom. The Bertz CT molecular complexity index is 523. The van der Waals surface area contributed by atoms with Gasteiger partial charge < -0.3 is 10.8 Å². The first kappa shape index (κ1) is 11.1. The standard InChI is InChI=1S/C11H12ClN3O/c1-6(13)4-9-8-3-2-7(16)5-10(8)15-11(12)14-9/h2-3,5-6,16H,4,13H2,1H3. The molecule has 16 heavy (non-hydrogen) atoms. The molecule has 0 aliphatic heterocycles. The van der Waals surface area contributed by atoms with E-state index in [0.29, 0.717) is 11.9 Å². The third kappa shape index (κ3) is 2.23. The minimum absolute atomic E-state index is 0.00275. The molecule has 2 aromatic rings. The summed E-state index contributed by atoms with van der Waals surface area (Å²) in [6.07, 6.45) is 0.628. The molecule has 5 heteroatoms. The molecule has 1 atom stereocenters. The van der Waals surface area contributed by atoms with Crippen molar-refractivity contribution in [1.29, 1.82) is 0 Å². The fourth-order valence-electron chi connectivity index (χ4n) is 1.61. The van der Waals surface area contributed by atoms with Crippen LogP contribution in [-0.2, 0) is 6.42 Å². The molecule has 1 aromatic heterocycles. The van der Waals surface area contributed by atoms with Crippen molar-refractivity contribution in [2.24, 2.45) is 5.73 Å². The Balaban J connectivity index is 2.63. The van der Waals surface area contributed by atoms with Crippen LogP contribution in [0.25, 0.3) is 10.9 Å². The summed E-state index contributed by atoms with van der Waals surface area (Å²) >= 11 is 5.81. The van der Waals surface area contributed by atoms with Crippen molar-refractivity contribution in [3.63, 3.8) is 0 Å². The summed E-state index contributed by atoms with van der Waals surface area (Å²) in [6, 6.07) is 4.94. The lowest BCUT2D eigenvalue weighted by atomic mass is 10.1. The molecule has 0 fully saturated rings. The molecule has 2 rings (SSSR count). The van der Waals surface area contributed by atoms with Crippen LogP contribution in [0.1, 0.15) is 12.6 Å². The maximum atomic E-state index is 9.37. The van der Waals surface area contributed by atoms with Gasteiger partial charge in [0.25, 0.3) is 0 Å². The number of phenolic OH excluding ortho intramolecular Hbond substituents is 1. The van der Waals surface area contributed by atoms with E-state index in [2.05, 4.69) is 9.97 Å². The van der Waals surface area contributed by atoms with Gasteiger partial charge in [0.15, 0.2) is 0 Å². The molecule has 3 N–H and O–H groups in total. The highest BCUT2D eigenvalue weighted by molar-refractivity contribution is 6.28. The first-order valence-corrected chi connectivity index (χ1v) is 5.35. The molecule has 0 saturated carbocycles. The fourth-order valence-corrected chi connectivity index (χ4v) is 1.81. The number of nitrogens with zero attached hydrogens (tertiary/aromatic N) is 2. The van der Waals surface area contributed by atoms with Gasteiger partial charge in [0.1, 0.15) is 5.75 Å². The van der Waals surface area contributed by atoms with Crippen molar-refractivity contribution in [2.75, 3.05) is 0 Å². The molecule has 0 amide bonds. The summed E-state index contributed by atoms with van der Waals surface area (Å²) in [4.78, 5) is 8.22. The highest BCUT2D eigenvalue weighted by Gasteiger charge is 2.09. The number of hydrogen-bond acceptors (Lipinski definition) is 4. The van der Waals surface area contributed by atoms with Crippen LogP contribution in [0.15, 0.2) is 18.2 Å². The van der Waals surface area contributed by atoms with Gasteiger partial charge in [-0.05, 0) is 30.7 Å². The maximum absolute atomic E-state index is 9.37. The van der Waals surface area contributed by atoms with Crippen LogP contribution in [0.4, 0.5) is 0 Å². The molecule has 0 aliphatic carbocycles. The predicted molar refractivity (Wildman–Crippen MR) is 63.6 cm³/mol. The van der Waals surface area contributed by atoms with Gasteiger partial charge in [0.2, 0.25) is 5.28 Å². The number of rotatable bonds is 2. The van der Waals surface area contributed by atoms with Crippen molar-refractivity contribution in [3.05, 3.63) is 29.2 Å². The number of benzene rings is 1. The third-order valence-corrected chi connectivity index (χ3v) is 2.42. The smallest absolute Gasteiger partial charge is 0.223 e. The summed E-state index contributed by atoms with van der Waals surface area (Å²) in [5.41, 5.74) is 7.19. The molecule has 84 valence electrons. The second-order valence-electron chi connectivity index (χ2n) is 3.82. The van der Waals surface area contributed by atoms with Crippen molar-refractivity contribution in [2.45, 2.75) is 19.4 Å². The Kier molecular flexibility index (Phi) is 2.94. The van der Waals surface area contributed by atoms with E-state index in [1.54, 1.807) is 18.2 Å². The van der Waals surface area contributed by atoms with Crippen LogP contribution in [0.2, 0.25) is 5.28 Å². The Labute approximate surface area is 98.1 Å². The SMILES string of the molecule is CC(N)Cc1nc(Cl)nc2cc(O)ccc12. The lowest BCUT2D eigenvalue weighted by Gasteiger charge is -2.08. The van der Waals surface area contributed by atoms with Gasteiger partial charge in [-0.25, -0.2) is 9.97 Å². The van der Waals surface area contributed by atoms with E-state index < -0.39 is 0 Å². The number of hydrogen-bond donors (Lipinski definition) is 2. The van der Waals surface area contributed by atoms with E-state index in [9.17, 15) is 5.11 Å². The summed E-state index contributed by atoms with van der Waals surface area (Å²) in [5, 5.41) is 10.4. The van der Waals surface area contributed by atoms with Crippen LogP contribution in [-0.4, -0.2) is 21.1 Å². The average Bonchev–Trinajstić information content (AvgIpc) is 2.15. The van der Waals surface area contributed by atoms with Crippen molar-refractivity contribution in [3.8, 4) is 5.75 Å². The highest BCUT2D eigenvalue weighted by atomic mass is 35.5. The van der Waals surface area contributed by atoms with Crippen LogP contribution >= 0.6 is 11.6 Å². The lowest BCUT2D eigenvalue weighted by Crippen LogP contribution is -2.18. The van der Waals surface area contributed by atoms with Gasteiger partial charge >= 0.3 is 0 Å². The second kappa shape index (κ2) is 4.23. The van der Waals surface area contributed by atoms with Gasteiger partial charge in [-0.2, -0.15) is 0 Å². The fraction of sp³-hybridized carbons (Fsp3) is 0.273. The lowest BCUT2D eigenvalue weighted by molar-refractivity contribution is 0.476. The Morgan fingerprint density at radius 3 is 2.88 bits per heavy atom. The number of fused-ring (bicyclic) bond motifs is 1. The van der Waals surface area contributed by atoms with Gasteiger partial charge in [-0.3, -0.25) is 0 Å². The van der Waals surface area contributed by atoms with Crippen LogP contribution in [0.5, 0.6) is 5.75 Å². The van der Waals surface area contributed by atoms with Gasteiger partial charge in [0, 0.05) is 23.9 Å². The Hall–Kier alpha value is -1.39. The second-order valence-corrected chi connectivity index (χ2v) is 4.16. The molecule has 1 aromatic carbocycles. The van der Waals surface area contributed by atoms with E-state index in [0.717, 1.165) is 11.1 Å². The van der Waals surface area contributed by atoms with Crippen molar-refractivity contribution < 1.29 is 5.11 Å². The number of halogens is 1. The zero-order chi connectivity index (χ0) is 11.7. The number of phenols is 1. The van der Waals surface area contributed by atoms with Crippen molar-refractivity contribution >= 4 is 22.5 Å². The monoisotopic (exact) mass is 237 g/mol. The van der Waals surface area contributed by atoms with Crippen molar-refractivity contribution in [1.82, 2.24) is 9.97 Å². The van der Waals surface area contributed by atoms with E-state index in [1.807, 2.05) is 6.92 Å². The average molecular weight is 238 g/mol. The molecule has 0 radical (unpaired) electrons. The number of aromatic nitrogens is 2. The molecule has 1 heterocycles. The summed E-state index contributed by atoms with van der Waals surface area (Å²) in [7, 11) is 0. The quantitative estimate of drug-likeness (QED) is 0.783. The molecular formula is C11H12ClN3O. The van der Waals surface area contributed by atoms with E-state index >= 15 is 0 Å². The third-order valence-electron chi connectivity index (χ3n) is 2.25. The van der Waals surface area contributed by atoms with E-state index in [-0.39, 0.29) is 17.1 Å². The Morgan fingerprint density at radius 2 is 2.19 bits per heavy atom. The number of aromatic hydroxyl groups is 1. The highest BCUT2D eigenvalue weighted by Crippen LogP contribution is 2.22. The largest absolute Gasteiger partial charge is 0.508 e. The molecule has 0 aliphatic rings. The minimum atomic E-state index is 0.00275. The molecule has 1 unspecified atom stereocenters. The summed E-state index contributed by atoms with van der Waals surface area (Å²) < 4.78 is 0. The first-order chi connectivity index (χ1) is 7.56. The molecule has 0 spiro atoms. The van der Waals surface area contributed by atoms with Crippen LogP contribution in [0.3, 0.4) is 0 Å². The van der Waals surface area contributed by atoms with Crippen LogP contribution < -0.4 is 5.73 Å².